The number of phosphoric ester groups is 1. The van der Waals surface area contributed by atoms with Gasteiger partial charge in [-0.2, -0.15) is 0 Å². The maximum absolute atomic E-state index is 12.4. The highest BCUT2D eigenvalue weighted by Gasteiger charge is 2.22. The molecule has 0 aromatic rings. The van der Waals surface area contributed by atoms with Crippen LogP contribution in [0.3, 0.4) is 0 Å². The van der Waals surface area contributed by atoms with Crippen LogP contribution in [0.4, 0.5) is 0 Å². The fourth-order valence-electron chi connectivity index (χ4n) is 6.54. The van der Waals surface area contributed by atoms with Crippen LogP contribution in [0.25, 0.3) is 0 Å². The second-order valence-corrected chi connectivity index (χ2v) is 16.6. The van der Waals surface area contributed by atoms with Gasteiger partial charge < -0.3 is 19.3 Å². The molecule has 1 unspecified atom stereocenters. The van der Waals surface area contributed by atoms with E-state index in [1.165, 1.54) is 141 Å². The summed E-state index contributed by atoms with van der Waals surface area (Å²) in [5.41, 5.74) is 0. The molecule has 0 heterocycles. The Labute approximate surface area is 332 Å². The van der Waals surface area contributed by atoms with Crippen LogP contribution < -0.4 is 0 Å². The number of phosphoric acid groups is 1. The molecule has 0 aliphatic rings. The minimum absolute atomic E-state index is 0.208. The van der Waals surface area contributed by atoms with Crippen molar-refractivity contribution in [2.24, 2.45) is 0 Å². The first-order valence-corrected chi connectivity index (χ1v) is 24.2. The Morgan fingerprint density at radius 3 is 1.13 bits per heavy atom. The van der Waals surface area contributed by atoms with Gasteiger partial charge in [0.1, 0.15) is 6.61 Å². The second kappa shape index (κ2) is 41.2. The monoisotopic (exact) mass is 785 g/mol. The number of unbranched alkanes of at least 4 members (excludes halogenated alkanes) is 28. The van der Waals surface area contributed by atoms with Crippen LogP contribution in [0.2, 0.25) is 0 Å². The number of hydrogen-bond acceptors (Lipinski definition) is 6. The first-order chi connectivity index (χ1) is 26.3. The normalized spacial score (nSPS) is 12.6. The van der Waals surface area contributed by atoms with Gasteiger partial charge in [0.05, 0.1) is 6.61 Å². The number of allylic oxidation sites excluding steroid dienone is 4. The van der Waals surface area contributed by atoms with Gasteiger partial charge in [-0.15, -0.1) is 0 Å². The van der Waals surface area contributed by atoms with Crippen molar-refractivity contribution in [1.29, 1.82) is 0 Å². The van der Waals surface area contributed by atoms with E-state index in [-0.39, 0.29) is 19.4 Å². The topological polar surface area (TPSA) is 119 Å². The van der Waals surface area contributed by atoms with Crippen LogP contribution in [0.15, 0.2) is 24.3 Å². The zero-order chi connectivity index (χ0) is 39.6. The quantitative estimate of drug-likeness (QED) is 0.0272. The predicted octanol–water partition coefficient (Wildman–Crippen LogP) is 14.0. The molecule has 0 fully saturated rings. The van der Waals surface area contributed by atoms with Crippen LogP contribution in [-0.4, -0.2) is 41.0 Å². The highest BCUT2D eigenvalue weighted by Crippen LogP contribution is 2.36. The van der Waals surface area contributed by atoms with Crippen molar-refractivity contribution < 1.29 is 37.9 Å². The number of ether oxygens (including phenoxy) is 2. The molecule has 0 aliphatic heterocycles. The molecule has 9 heteroatoms. The molecule has 0 aromatic carbocycles. The molecule has 318 valence electrons. The van der Waals surface area contributed by atoms with Crippen molar-refractivity contribution in [2.45, 2.75) is 238 Å². The fraction of sp³-hybridized carbons (Fsp3) is 0.867. The number of rotatable bonds is 42. The van der Waals surface area contributed by atoms with E-state index in [1.807, 2.05) is 0 Å². The Bertz CT molecular complexity index is 931. The van der Waals surface area contributed by atoms with Gasteiger partial charge in [0.2, 0.25) is 0 Å². The van der Waals surface area contributed by atoms with Gasteiger partial charge in [0.25, 0.3) is 0 Å². The molecule has 0 aromatic heterocycles. The lowest BCUT2D eigenvalue weighted by atomic mass is 10.1. The van der Waals surface area contributed by atoms with Crippen LogP contribution in [0, 0.1) is 0 Å². The summed E-state index contributed by atoms with van der Waals surface area (Å²) in [6.07, 6.45) is 47.5. The third-order valence-electron chi connectivity index (χ3n) is 9.94. The predicted molar refractivity (Wildman–Crippen MR) is 225 cm³/mol. The van der Waals surface area contributed by atoms with Crippen LogP contribution in [0.1, 0.15) is 232 Å². The van der Waals surface area contributed by atoms with Gasteiger partial charge in [0, 0.05) is 12.8 Å². The van der Waals surface area contributed by atoms with Gasteiger partial charge in [0.15, 0.2) is 6.10 Å². The largest absolute Gasteiger partial charge is 0.469 e. The minimum atomic E-state index is -4.76. The van der Waals surface area contributed by atoms with Gasteiger partial charge in [-0.3, -0.25) is 14.1 Å². The molecule has 0 aliphatic carbocycles. The zero-order valence-corrected chi connectivity index (χ0v) is 36.0. The molecular formula is C45H85O8P. The van der Waals surface area contributed by atoms with Crippen molar-refractivity contribution in [1.82, 2.24) is 0 Å². The van der Waals surface area contributed by atoms with Crippen molar-refractivity contribution in [2.75, 3.05) is 13.2 Å². The molecule has 0 bridgehead atoms. The molecule has 0 saturated carbocycles. The molecule has 1 atom stereocenters. The lowest BCUT2D eigenvalue weighted by molar-refractivity contribution is -0.161. The number of hydrogen-bond donors (Lipinski definition) is 2. The van der Waals surface area contributed by atoms with Gasteiger partial charge in [-0.25, -0.2) is 4.57 Å². The van der Waals surface area contributed by atoms with E-state index in [9.17, 15) is 14.2 Å². The van der Waals surface area contributed by atoms with E-state index in [2.05, 4.69) is 42.7 Å². The third-order valence-corrected chi connectivity index (χ3v) is 10.4. The number of carbonyl (C=O) groups excluding carboxylic acids is 2. The number of esters is 2. The highest BCUT2D eigenvalue weighted by atomic mass is 31.2. The van der Waals surface area contributed by atoms with Crippen LogP contribution in [0.5, 0.6) is 0 Å². The van der Waals surface area contributed by atoms with Gasteiger partial charge in [-0.1, -0.05) is 179 Å². The van der Waals surface area contributed by atoms with E-state index in [0.29, 0.717) is 6.42 Å². The Balaban J connectivity index is 3.88. The van der Waals surface area contributed by atoms with Crippen molar-refractivity contribution in [3.05, 3.63) is 24.3 Å². The fourth-order valence-corrected chi connectivity index (χ4v) is 6.90. The van der Waals surface area contributed by atoms with Crippen molar-refractivity contribution in [3.63, 3.8) is 0 Å². The lowest BCUT2D eigenvalue weighted by Crippen LogP contribution is -2.29. The molecule has 0 rings (SSSR count). The molecule has 0 radical (unpaired) electrons. The highest BCUT2D eigenvalue weighted by molar-refractivity contribution is 7.46. The van der Waals surface area contributed by atoms with Gasteiger partial charge in [-0.05, 0) is 64.2 Å². The second-order valence-electron chi connectivity index (χ2n) is 15.4. The molecule has 0 amide bonds. The summed E-state index contributed by atoms with van der Waals surface area (Å²) in [6.45, 7) is 3.70. The summed E-state index contributed by atoms with van der Waals surface area (Å²) in [4.78, 5) is 42.9. The van der Waals surface area contributed by atoms with Crippen LogP contribution in [-0.2, 0) is 28.2 Å². The molecule has 54 heavy (non-hydrogen) atoms. The van der Waals surface area contributed by atoms with E-state index in [0.717, 1.165) is 57.8 Å². The SMILES string of the molecule is CCCCCCCCC/C=C\CCCCCCCCCC(=O)OCC(COP(=O)(O)O)OC(=O)CCCCCCCCC/C=C\CCCCCCCCC. The first-order valence-electron chi connectivity index (χ1n) is 22.6. The maximum Gasteiger partial charge on any atom is 0.469 e. The average molecular weight is 785 g/mol. The molecule has 0 saturated heterocycles. The standard InChI is InChI=1S/C45H85O8P/c1-3-5-7-9-11-13-15-17-19-21-23-25-27-29-31-33-35-37-39-44(46)51-41-43(42-52-54(48,49)50)53-45(47)40-38-36-34-32-30-28-26-24-22-20-18-16-14-12-10-8-6-4-2/h19-22,43H,3-18,23-42H2,1-2H3,(H2,48,49,50)/b21-19-,22-20-. The summed E-state index contributed by atoms with van der Waals surface area (Å²) in [6, 6.07) is 0. The molecule has 0 spiro atoms. The van der Waals surface area contributed by atoms with Crippen molar-refractivity contribution in [3.8, 4) is 0 Å². The minimum Gasteiger partial charge on any atom is -0.462 e. The number of carbonyl (C=O) groups is 2. The molecule has 2 N–H and O–H groups in total. The maximum atomic E-state index is 12.4. The summed E-state index contributed by atoms with van der Waals surface area (Å²) in [7, 11) is -4.76. The molecular weight excluding hydrogens is 699 g/mol. The van der Waals surface area contributed by atoms with E-state index >= 15 is 0 Å². The van der Waals surface area contributed by atoms with E-state index < -0.39 is 32.5 Å². The van der Waals surface area contributed by atoms with Crippen molar-refractivity contribution >= 4 is 19.8 Å². The lowest BCUT2D eigenvalue weighted by Gasteiger charge is -2.18. The first kappa shape index (κ1) is 52.5. The third kappa shape index (κ3) is 43.3. The van der Waals surface area contributed by atoms with Gasteiger partial charge >= 0.3 is 19.8 Å². The molecule has 8 nitrogen and oxygen atoms in total. The average Bonchev–Trinajstić information content (AvgIpc) is 3.14. The Hall–Kier alpha value is -1.47. The zero-order valence-electron chi connectivity index (χ0n) is 35.1. The van der Waals surface area contributed by atoms with E-state index in [4.69, 9.17) is 19.3 Å². The Kier molecular flexibility index (Phi) is 40.1. The van der Waals surface area contributed by atoms with E-state index in [1.54, 1.807) is 0 Å². The summed E-state index contributed by atoms with van der Waals surface area (Å²) in [5.74, 6) is -0.886. The smallest absolute Gasteiger partial charge is 0.462 e. The Morgan fingerprint density at radius 2 is 0.778 bits per heavy atom. The van der Waals surface area contributed by atoms with Crippen LogP contribution >= 0.6 is 7.82 Å². The summed E-state index contributed by atoms with van der Waals surface area (Å²) in [5, 5.41) is 0. The Morgan fingerprint density at radius 1 is 0.463 bits per heavy atom. The summed E-state index contributed by atoms with van der Waals surface area (Å²) < 4.78 is 26.4. The summed E-state index contributed by atoms with van der Waals surface area (Å²) >= 11 is 0.